The van der Waals surface area contributed by atoms with E-state index in [2.05, 4.69) is 27.8 Å². The number of halogens is 2. The second kappa shape index (κ2) is 8.33. The molecule has 1 aliphatic heterocycles. The zero-order valence-electron chi connectivity index (χ0n) is 14.8. The number of carbonyl (C=O) groups excluding carboxylic acids is 1. The number of nitrogens with zero attached hydrogens (tertiary/aromatic N) is 2. The van der Waals surface area contributed by atoms with E-state index < -0.39 is 24.9 Å². The van der Waals surface area contributed by atoms with Crippen molar-refractivity contribution in [1.82, 2.24) is 15.2 Å². The molecule has 0 atom stereocenters. The molecule has 27 heavy (non-hydrogen) atoms. The fourth-order valence-corrected chi connectivity index (χ4v) is 3.22. The third kappa shape index (κ3) is 5.24. The average Bonchev–Trinajstić information content (AvgIpc) is 2.66. The van der Waals surface area contributed by atoms with E-state index in [0.29, 0.717) is 5.56 Å². The van der Waals surface area contributed by atoms with Crippen molar-refractivity contribution in [2.24, 2.45) is 5.73 Å². The monoisotopic (exact) mass is 392 g/mol. The zero-order valence-corrected chi connectivity index (χ0v) is 15.7. The van der Waals surface area contributed by atoms with Crippen LogP contribution in [0.5, 0.6) is 0 Å². The minimum Gasteiger partial charge on any atom is -0.346 e. The highest BCUT2D eigenvalue weighted by Crippen LogP contribution is 2.21. The van der Waals surface area contributed by atoms with Gasteiger partial charge in [0.15, 0.2) is 0 Å². The van der Waals surface area contributed by atoms with Crippen LogP contribution in [-0.4, -0.2) is 41.3 Å². The normalized spacial score (nSPS) is 14.7. The van der Waals surface area contributed by atoms with E-state index in [1.165, 1.54) is 5.56 Å². The first-order chi connectivity index (χ1) is 12.9. The summed E-state index contributed by atoms with van der Waals surface area (Å²) in [4.78, 5) is 19.5. The predicted molar refractivity (Wildman–Crippen MR) is 102 cm³/mol. The summed E-state index contributed by atoms with van der Waals surface area (Å²) in [6.45, 7) is 0.882. The van der Waals surface area contributed by atoms with Crippen LogP contribution < -0.4 is 11.1 Å². The van der Waals surface area contributed by atoms with Crippen LogP contribution in [0.25, 0.3) is 0 Å². The lowest BCUT2D eigenvalue weighted by Gasteiger charge is -2.28. The minimum atomic E-state index is -3.10. The standard InChI is InChI=1S/C19H22F2N4OS/c20-19(21,11-22)12-24-18(26)14-3-1-13(2-4-14)9-25-6-5-17-15(10-25)7-16(27)8-23-17/h1-4,7-8,27H,5-6,9-12,22H2,(H,24,26). The molecule has 1 aromatic heterocycles. The molecule has 1 amide bonds. The lowest BCUT2D eigenvalue weighted by Crippen LogP contribution is -2.41. The number of amides is 1. The van der Waals surface area contributed by atoms with E-state index in [1.807, 2.05) is 18.2 Å². The first-order valence-electron chi connectivity index (χ1n) is 8.70. The van der Waals surface area contributed by atoms with Crippen LogP contribution in [0, 0.1) is 0 Å². The van der Waals surface area contributed by atoms with Crippen molar-refractivity contribution < 1.29 is 13.6 Å². The lowest BCUT2D eigenvalue weighted by molar-refractivity contribution is 0.0118. The van der Waals surface area contributed by atoms with E-state index >= 15 is 0 Å². The molecule has 8 heteroatoms. The van der Waals surface area contributed by atoms with Crippen LogP contribution in [0.4, 0.5) is 8.78 Å². The summed E-state index contributed by atoms with van der Waals surface area (Å²) in [6, 6.07) is 9.03. The number of rotatable bonds is 6. The number of benzene rings is 1. The molecule has 144 valence electrons. The number of alkyl halides is 2. The van der Waals surface area contributed by atoms with E-state index in [9.17, 15) is 13.6 Å². The average molecular weight is 392 g/mol. The van der Waals surface area contributed by atoms with Gasteiger partial charge in [-0.05, 0) is 29.3 Å². The number of pyridine rings is 1. The van der Waals surface area contributed by atoms with E-state index in [0.717, 1.165) is 42.2 Å². The summed E-state index contributed by atoms with van der Waals surface area (Å²) in [6.07, 6.45) is 2.66. The Morgan fingerprint density at radius 1 is 1.33 bits per heavy atom. The SMILES string of the molecule is NCC(F)(F)CNC(=O)c1ccc(CN2CCc3ncc(S)cc3C2)cc1. The van der Waals surface area contributed by atoms with Crippen LogP contribution in [0.15, 0.2) is 41.4 Å². The second-order valence-electron chi connectivity index (χ2n) is 6.70. The van der Waals surface area contributed by atoms with Crippen LogP contribution in [-0.2, 0) is 19.5 Å². The molecule has 0 unspecified atom stereocenters. The van der Waals surface area contributed by atoms with Gasteiger partial charge >= 0.3 is 0 Å². The van der Waals surface area contributed by atoms with Gasteiger partial charge in [-0.1, -0.05) is 12.1 Å². The molecule has 0 fully saturated rings. The first-order valence-corrected chi connectivity index (χ1v) is 9.15. The maximum absolute atomic E-state index is 13.1. The third-order valence-electron chi connectivity index (χ3n) is 4.53. The number of fused-ring (bicyclic) bond motifs is 1. The molecule has 2 heterocycles. The Bertz CT molecular complexity index is 814. The van der Waals surface area contributed by atoms with Crippen molar-refractivity contribution in [3.8, 4) is 0 Å². The maximum atomic E-state index is 13.1. The molecule has 2 aromatic rings. The van der Waals surface area contributed by atoms with Gasteiger partial charge in [-0.25, -0.2) is 8.78 Å². The van der Waals surface area contributed by atoms with Crippen molar-refractivity contribution in [2.75, 3.05) is 19.6 Å². The second-order valence-corrected chi connectivity index (χ2v) is 7.22. The molecule has 0 radical (unpaired) electrons. The number of aromatic nitrogens is 1. The molecule has 0 spiro atoms. The summed E-state index contributed by atoms with van der Waals surface area (Å²) in [5, 5.41) is 2.21. The van der Waals surface area contributed by atoms with Gasteiger partial charge in [0.25, 0.3) is 11.8 Å². The highest BCUT2D eigenvalue weighted by atomic mass is 32.1. The van der Waals surface area contributed by atoms with Gasteiger partial charge in [-0.15, -0.1) is 12.6 Å². The first kappa shape index (κ1) is 19.7. The van der Waals surface area contributed by atoms with Gasteiger partial charge in [0, 0.05) is 48.4 Å². The largest absolute Gasteiger partial charge is 0.346 e. The van der Waals surface area contributed by atoms with Gasteiger partial charge in [0.1, 0.15) is 0 Å². The summed E-state index contributed by atoms with van der Waals surface area (Å²) in [5.74, 6) is -3.63. The molecule has 1 aliphatic rings. The van der Waals surface area contributed by atoms with Crippen molar-refractivity contribution >= 4 is 18.5 Å². The Morgan fingerprint density at radius 2 is 2.07 bits per heavy atom. The number of thiol groups is 1. The molecular formula is C19H22F2N4OS. The Morgan fingerprint density at radius 3 is 2.78 bits per heavy atom. The van der Waals surface area contributed by atoms with Crippen molar-refractivity contribution in [3.05, 3.63) is 58.9 Å². The van der Waals surface area contributed by atoms with Gasteiger partial charge < -0.3 is 11.1 Å². The summed E-state index contributed by atoms with van der Waals surface area (Å²) in [7, 11) is 0. The lowest BCUT2D eigenvalue weighted by atomic mass is 10.0. The molecule has 5 nitrogen and oxygen atoms in total. The Balaban J connectivity index is 1.57. The highest BCUT2D eigenvalue weighted by molar-refractivity contribution is 7.80. The summed E-state index contributed by atoms with van der Waals surface area (Å²) >= 11 is 4.35. The number of hydrogen-bond donors (Lipinski definition) is 3. The van der Waals surface area contributed by atoms with Gasteiger partial charge in [0.05, 0.1) is 13.1 Å². The Kier molecular flexibility index (Phi) is 6.08. The highest BCUT2D eigenvalue weighted by Gasteiger charge is 2.27. The number of carbonyl (C=O) groups is 1. The van der Waals surface area contributed by atoms with Gasteiger partial charge in [-0.2, -0.15) is 0 Å². The molecule has 3 N–H and O–H groups in total. The van der Waals surface area contributed by atoms with E-state index in [4.69, 9.17) is 5.73 Å². The summed E-state index contributed by atoms with van der Waals surface area (Å²) < 4.78 is 26.3. The molecule has 0 saturated heterocycles. The minimum absolute atomic E-state index is 0.347. The van der Waals surface area contributed by atoms with Crippen molar-refractivity contribution in [1.29, 1.82) is 0 Å². The molecule has 0 aliphatic carbocycles. The van der Waals surface area contributed by atoms with E-state index in [1.54, 1.807) is 18.3 Å². The van der Waals surface area contributed by atoms with Gasteiger partial charge in [0.2, 0.25) is 0 Å². The molecule has 1 aromatic carbocycles. The topological polar surface area (TPSA) is 71.2 Å². The number of nitrogens with one attached hydrogen (secondary N) is 1. The van der Waals surface area contributed by atoms with E-state index in [-0.39, 0.29) is 0 Å². The molecule has 3 rings (SSSR count). The molecule has 0 saturated carbocycles. The molecular weight excluding hydrogens is 370 g/mol. The fourth-order valence-electron chi connectivity index (χ4n) is 3.01. The number of nitrogens with two attached hydrogens (primary N) is 1. The number of hydrogen-bond acceptors (Lipinski definition) is 5. The predicted octanol–water partition coefficient (Wildman–Crippen LogP) is 2.25. The van der Waals surface area contributed by atoms with Crippen LogP contribution in [0.3, 0.4) is 0 Å². The smallest absolute Gasteiger partial charge is 0.277 e. The zero-order chi connectivity index (χ0) is 19.4. The summed E-state index contributed by atoms with van der Waals surface area (Å²) in [5.41, 5.74) is 8.67. The Labute approximate surface area is 162 Å². The van der Waals surface area contributed by atoms with Gasteiger partial charge in [-0.3, -0.25) is 14.7 Å². The third-order valence-corrected chi connectivity index (χ3v) is 4.78. The molecule has 0 bridgehead atoms. The fraction of sp³-hybridized carbons (Fsp3) is 0.368. The van der Waals surface area contributed by atoms with Crippen molar-refractivity contribution in [3.63, 3.8) is 0 Å². The van der Waals surface area contributed by atoms with Crippen LogP contribution in [0.1, 0.15) is 27.2 Å². The van der Waals surface area contributed by atoms with Crippen LogP contribution in [0.2, 0.25) is 0 Å². The Hall–Kier alpha value is -2.03. The maximum Gasteiger partial charge on any atom is 0.277 e. The van der Waals surface area contributed by atoms with Crippen molar-refractivity contribution in [2.45, 2.75) is 30.3 Å². The quantitative estimate of drug-likeness (QED) is 0.660. The van der Waals surface area contributed by atoms with Crippen LogP contribution >= 0.6 is 12.6 Å².